The third-order valence-corrected chi connectivity index (χ3v) is 6.41. The molecular formula is C21H36N4O5. The summed E-state index contributed by atoms with van der Waals surface area (Å²) in [6, 6.07) is 0. The van der Waals surface area contributed by atoms with Gasteiger partial charge in [0.15, 0.2) is 5.60 Å². The number of hydrogen-bond donors (Lipinski definition) is 2. The number of nitrogens with zero attached hydrogens (tertiary/aromatic N) is 2. The molecule has 0 aromatic carbocycles. The van der Waals surface area contributed by atoms with Crippen LogP contribution in [0.2, 0.25) is 0 Å². The normalized spacial score (nSPS) is 29.3. The fraction of sp³-hybridized carbons (Fsp3) is 0.857. The summed E-state index contributed by atoms with van der Waals surface area (Å²) in [5, 5.41) is 6.65. The number of methoxy groups -OCH3 is 1. The van der Waals surface area contributed by atoms with E-state index in [0.717, 1.165) is 45.6 Å². The van der Waals surface area contributed by atoms with Crippen LogP contribution < -0.4 is 10.6 Å². The zero-order chi connectivity index (χ0) is 21.6. The Balaban J connectivity index is 1.58. The Morgan fingerprint density at radius 2 is 1.90 bits per heavy atom. The lowest BCUT2D eigenvalue weighted by Crippen LogP contribution is -2.70. The molecule has 2 N–H and O–H groups in total. The number of likely N-dealkylation sites (tertiary alicyclic amines) is 1. The Bertz CT molecular complexity index is 617. The van der Waals surface area contributed by atoms with E-state index in [-0.39, 0.29) is 17.8 Å². The second kappa shape index (κ2) is 10.7. The van der Waals surface area contributed by atoms with E-state index in [1.54, 1.807) is 18.9 Å². The fourth-order valence-corrected chi connectivity index (χ4v) is 4.30. The topological polar surface area (TPSA) is 100 Å². The summed E-state index contributed by atoms with van der Waals surface area (Å²) in [6.07, 6.45) is 2.73. The van der Waals surface area contributed by atoms with Crippen LogP contribution in [-0.4, -0.2) is 105 Å². The molecule has 2 unspecified atom stereocenters. The monoisotopic (exact) mass is 424 g/mol. The molecule has 3 aliphatic rings. The standard InChI is InChI=1S/C21H36N4O5/c1-16-18(26)6-5-17(29-2)4-3-7-23-13-21(30-20(16)28)14-25(15-21)19(27)12-24-10-8-22-9-11-24/h16-17,22-23H,3-15H2,1-2H3. The van der Waals surface area contributed by atoms with Crippen LogP contribution in [0.3, 0.4) is 0 Å². The van der Waals surface area contributed by atoms with E-state index in [1.165, 1.54) is 0 Å². The lowest BCUT2D eigenvalue weighted by molar-refractivity contribution is -0.189. The van der Waals surface area contributed by atoms with Crippen LogP contribution in [0.25, 0.3) is 0 Å². The van der Waals surface area contributed by atoms with E-state index >= 15 is 0 Å². The van der Waals surface area contributed by atoms with Gasteiger partial charge in [-0.3, -0.25) is 19.3 Å². The van der Waals surface area contributed by atoms with Crippen molar-refractivity contribution in [1.82, 2.24) is 20.4 Å². The number of hydrogen-bond acceptors (Lipinski definition) is 8. The molecule has 3 aliphatic heterocycles. The molecule has 3 saturated heterocycles. The molecule has 0 aliphatic carbocycles. The Kier molecular flexibility index (Phi) is 8.21. The summed E-state index contributed by atoms with van der Waals surface area (Å²) in [5.41, 5.74) is -0.751. The van der Waals surface area contributed by atoms with Crippen molar-refractivity contribution in [2.75, 3.05) is 66.0 Å². The predicted octanol–water partition coefficient (Wildman–Crippen LogP) is -0.600. The Labute approximate surface area is 178 Å². The number of rotatable bonds is 3. The molecule has 30 heavy (non-hydrogen) atoms. The maximum absolute atomic E-state index is 12.7. The molecular weight excluding hydrogens is 388 g/mol. The van der Waals surface area contributed by atoms with Crippen LogP contribution in [-0.2, 0) is 23.9 Å². The molecule has 0 aromatic rings. The van der Waals surface area contributed by atoms with Gasteiger partial charge in [-0.1, -0.05) is 0 Å². The number of ether oxygens (including phenoxy) is 2. The van der Waals surface area contributed by atoms with Gasteiger partial charge in [0.05, 0.1) is 25.7 Å². The van der Waals surface area contributed by atoms with Gasteiger partial charge in [-0.15, -0.1) is 0 Å². The Morgan fingerprint density at radius 3 is 2.60 bits per heavy atom. The van der Waals surface area contributed by atoms with Gasteiger partial charge in [0.2, 0.25) is 5.91 Å². The number of piperazine rings is 1. The lowest BCUT2D eigenvalue weighted by Gasteiger charge is -2.49. The zero-order valence-electron chi connectivity index (χ0n) is 18.3. The molecule has 3 heterocycles. The SMILES string of the molecule is COC1CCCNCC2(CN(C(=O)CN3CCNCC3)C2)OC(=O)C(C)C(=O)CC1. The molecule has 3 rings (SSSR count). The smallest absolute Gasteiger partial charge is 0.316 e. The Hall–Kier alpha value is -1.55. The van der Waals surface area contributed by atoms with Crippen molar-refractivity contribution in [3.05, 3.63) is 0 Å². The molecule has 9 nitrogen and oxygen atoms in total. The number of esters is 1. The third kappa shape index (κ3) is 6.00. The van der Waals surface area contributed by atoms with Gasteiger partial charge >= 0.3 is 5.97 Å². The maximum Gasteiger partial charge on any atom is 0.316 e. The first-order valence-corrected chi connectivity index (χ1v) is 11.1. The Morgan fingerprint density at radius 1 is 1.17 bits per heavy atom. The largest absolute Gasteiger partial charge is 0.453 e. The first kappa shape index (κ1) is 23.1. The van der Waals surface area contributed by atoms with Crippen LogP contribution in [0.4, 0.5) is 0 Å². The van der Waals surface area contributed by atoms with E-state index in [1.807, 2.05) is 0 Å². The molecule has 0 bridgehead atoms. The third-order valence-electron chi connectivity index (χ3n) is 6.41. The molecule has 2 atom stereocenters. The van der Waals surface area contributed by atoms with Gasteiger partial charge in [0.25, 0.3) is 0 Å². The quantitative estimate of drug-likeness (QED) is 0.458. The van der Waals surface area contributed by atoms with Gasteiger partial charge in [-0.25, -0.2) is 0 Å². The van der Waals surface area contributed by atoms with E-state index in [0.29, 0.717) is 39.0 Å². The molecule has 0 saturated carbocycles. The maximum atomic E-state index is 12.7. The molecule has 0 aromatic heterocycles. The number of carbonyl (C=O) groups is 3. The summed E-state index contributed by atoms with van der Waals surface area (Å²) in [7, 11) is 1.66. The minimum Gasteiger partial charge on any atom is -0.453 e. The highest BCUT2D eigenvalue weighted by Gasteiger charge is 2.49. The minimum absolute atomic E-state index is 0.0236. The molecule has 1 spiro atoms. The van der Waals surface area contributed by atoms with E-state index in [9.17, 15) is 14.4 Å². The van der Waals surface area contributed by atoms with Crippen molar-refractivity contribution in [2.45, 2.75) is 44.3 Å². The fourth-order valence-electron chi connectivity index (χ4n) is 4.30. The number of amides is 1. The van der Waals surface area contributed by atoms with Gasteiger partial charge in [0, 0.05) is 46.3 Å². The van der Waals surface area contributed by atoms with Gasteiger partial charge in [0.1, 0.15) is 11.7 Å². The van der Waals surface area contributed by atoms with Gasteiger partial charge < -0.3 is 25.0 Å². The van der Waals surface area contributed by atoms with Crippen LogP contribution in [0, 0.1) is 5.92 Å². The first-order chi connectivity index (χ1) is 14.4. The van der Waals surface area contributed by atoms with Crippen LogP contribution >= 0.6 is 0 Å². The zero-order valence-corrected chi connectivity index (χ0v) is 18.3. The molecule has 170 valence electrons. The summed E-state index contributed by atoms with van der Waals surface area (Å²) < 4.78 is 11.3. The highest BCUT2D eigenvalue weighted by Crippen LogP contribution is 2.27. The van der Waals surface area contributed by atoms with E-state index in [4.69, 9.17) is 9.47 Å². The van der Waals surface area contributed by atoms with E-state index < -0.39 is 17.5 Å². The van der Waals surface area contributed by atoms with Crippen molar-refractivity contribution in [1.29, 1.82) is 0 Å². The minimum atomic E-state index is -0.800. The summed E-state index contributed by atoms with van der Waals surface area (Å²) >= 11 is 0. The number of nitrogens with one attached hydrogen (secondary N) is 2. The van der Waals surface area contributed by atoms with Crippen molar-refractivity contribution < 1.29 is 23.9 Å². The average molecular weight is 425 g/mol. The molecule has 1 amide bonds. The van der Waals surface area contributed by atoms with Crippen molar-refractivity contribution in [3.8, 4) is 0 Å². The van der Waals surface area contributed by atoms with Crippen LogP contribution in [0.15, 0.2) is 0 Å². The van der Waals surface area contributed by atoms with Crippen LogP contribution in [0.5, 0.6) is 0 Å². The van der Waals surface area contributed by atoms with Gasteiger partial charge in [-0.2, -0.15) is 0 Å². The summed E-state index contributed by atoms with van der Waals surface area (Å²) in [4.78, 5) is 41.7. The van der Waals surface area contributed by atoms with Crippen LogP contribution in [0.1, 0.15) is 32.6 Å². The number of Topliss-reactive ketones (excluding diaryl/α,β-unsaturated/α-hetero) is 1. The van der Waals surface area contributed by atoms with Crippen molar-refractivity contribution in [2.24, 2.45) is 5.92 Å². The average Bonchev–Trinajstić information content (AvgIpc) is 2.73. The first-order valence-electron chi connectivity index (χ1n) is 11.1. The number of carbonyl (C=O) groups excluding carboxylic acids is 3. The van der Waals surface area contributed by atoms with Crippen molar-refractivity contribution in [3.63, 3.8) is 0 Å². The second-order valence-electron chi connectivity index (χ2n) is 8.78. The lowest BCUT2D eigenvalue weighted by atomic mass is 9.92. The number of ketones is 1. The highest BCUT2D eigenvalue weighted by atomic mass is 16.6. The van der Waals surface area contributed by atoms with E-state index in [2.05, 4.69) is 15.5 Å². The summed E-state index contributed by atoms with van der Waals surface area (Å²) in [5.74, 6) is -1.35. The molecule has 9 heteroatoms. The molecule has 0 radical (unpaired) electrons. The van der Waals surface area contributed by atoms with Crippen molar-refractivity contribution >= 4 is 17.7 Å². The molecule has 3 fully saturated rings. The predicted molar refractivity (Wildman–Crippen MR) is 111 cm³/mol. The second-order valence-corrected chi connectivity index (χ2v) is 8.78. The highest BCUT2D eigenvalue weighted by molar-refractivity contribution is 5.98. The summed E-state index contributed by atoms with van der Waals surface area (Å²) in [6.45, 7) is 7.53. The van der Waals surface area contributed by atoms with Gasteiger partial charge in [-0.05, 0) is 32.7 Å².